The van der Waals surface area contributed by atoms with Gasteiger partial charge in [-0.05, 0) is 37.3 Å². The van der Waals surface area contributed by atoms with Crippen molar-refractivity contribution in [3.05, 3.63) is 42.1 Å². The van der Waals surface area contributed by atoms with Crippen molar-refractivity contribution in [2.75, 3.05) is 19.6 Å². The maximum atomic E-state index is 12.8. The van der Waals surface area contributed by atoms with Crippen LogP contribution in [0.5, 0.6) is 0 Å². The summed E-state index contributed by atoms with van der Waals surface area (Å²) >= 11 is 0. The van der Waals surface area contributed by atoms with E-state index in [-0.39, 0.29) is 11.8 Å². The molecule has 0 spiro atoms. The number of aromatic nitrogens is 1. The van der Waals surface area contributed by atoms with Crippen LogP contribution in [0.25, 0.3) is 10.9 Å². The second-order valence-electron chi connectivity index (χ2n) is 6.70. The van der Waals surface area contributed by atoms with E-state index >= 15 is 0 Å². The highest BCUT2D eigenvalue weighted by molar-refractivity contribution is 5.95. The average molecular weight is 339 g/mol. The predicted molar refractivity (Wildman–Crippen MR) is 98.3 cm³/mol. The molecule has 132 valence electrons. The third kappa shape index (κ3) is 4.35. The van der Waals surface area contributed by atoms with Crippen LogP contribution in [0.2, 0.25) is 0 Å². The molecule has 1 aromatic heterocycles. The Kier molecular flexibility index (Phi) is 5.64. The largest absolute Gasteiger partial charge is 0.356 e. The van der Waals surface area contributed by atoms with E-state index in [1.807, 2.05) is 42.2 Å². The van der Waals surface area contributed by atoms with Gasteiger partial charge in [0.05, 0.1) is 5.52 Å². The molecule has 0 saturated carbocycles. The number of amides is 2. The van der Waals surface area contributed by atoms with Gasteiger partial charge in [-0.25, -0.2) is 4.98 Å². The van der Waals surface area contributed by atoms with Gasteiger partial charge in [-0.2, -0.15) is 0 Å². The Bertz CT molecular complexity index is 759. The zero-order valence-electron chi connectivity index (χ0n) is 14.7. The van der Waals surface area contributed by atoms with Gasteiger partial charge in [0.15, 0.2) is 0 Å². The van der Waals surface area contributed by atoms with Crippen molar-refractivity contribution in [3.8, 4) is 0 Å². The minimum atomic E-state index is -0.0182. The molecule has 1 saturated heterocycles. The van der Waals surface area contributed by atoms with Crippen molar-refractivity contribution in [1.29, 1.82) is 0 Å². The fourth-order valence-electron chi connectivity index (χ4n) is 3.34. The number of benzene rings is 1. The standard InChI is InChI=1S/C20H25N3O2/c1-2-6-19(24)21-13-15-7-5-12-23(14-15)20(25)18-11-10-16-8-3-4-9-17(16)22-18/h3-4,8-11,15H,2,5-7,12-14H2,1H3,(H,21,24)/t15-/m1/s1. The highest BCUT2D eigenvalue weighted by Gasteiger charge is 2.25. The molecule has 2 aromatic rings. The molecule has 1 fully saturated rings. The Hall–Kier alpha value is -2.43. The molecule has 1 aromatic carbocycles. The molecule has 25 heavy (non-hydrogen) atoms. The summed E-state index contributed by atoms with van der Waals surface area (Å²) in [6, 6.07) is 11.6. The third-order valence-corrected chi connectivity index (χ3v) is 4.69. The van der Waals surface area contributed by atoms with Crippen molar-refractivity contribution < 1.29 is 9.59 Å². The smallest absolute Gasteiger partial charge is 0.272 e. The minimum absolute atomic E-state index is 0.0182. The maximum Gasteiger partial charge on any atom is 0.272 e. The maximum absolute atomic E-state index is 12.8. The molecule has 1 N–H and O–H groups in total. The zero-order valence-corrected chi connectivity index (χ0v) is 14.7. The van der Waals surface area contributed by atoms with Crippen LogP contribution in [0, 0.1) is 5.92 Å². The second-order valence-corrected chi connectivity index (χ2v) is 6.70. The molecule has 0 radical (unpaired) electrons. The quantitative estimate of drug-likeness (QED) is 0.911. The van der Waals surface area contributed by atoms with Gasteiger partial charge in [-0.3, -0.25) is 9.59 Å². The molecule has 1 aliphatic rings. The number of carbonyl (C=O) groups is 2. The molecule has 5 nitrogen and oxygen atoms in total. The lowest BCUT2D eigenvalue weighted by molar-refractivity contribution is -0.121. The van der Waals surface area contributed by atoms with Crippen molar-refractivity contribution in [2.24, 2.45) is 5.92 Å². The van der Waals surface area contributed by atoms with Crippen LogP contribution in [0.3, 0.4) is 0 Å². The highest BCUT2D eigenvalue weighted by Crippen LogP contribution is 2.19. The van der Waals surface area contributed by atoms with Gasteiger partial charge in [0.25, 0.3) is 5.91 Å². The van der Waals surface area contributed by atoms with Gasteiger partial charge in [0, 0.05) is 31.4 Å². The lowest BCUT2D eigenvalue weighted by Gasteiger charge is -2.32. The lowest BCUT2D eigenvalue weighted by Crippen LogP contribution is -2.43. The van der Waals surface area contributed by atoms with E-state index in [2.05, 4.69) is 10.3 Å². The third-order valence-electron chi connectivity index (χ3n) is 4.69. The number of fused-ring (bicyclic) bond motifs is 1. The normalized spacial score (nSPS) is 17.5. The number of hydrogen-bond acceptors (Lipinski definition) is 3. The van der Waals surface area contributed by atoms with Gasteiger partial charge >= 0.3 is 0 Å². The molecule has 2 amide bonds. The van der Waals surface area contributed by atoms with Crippen LogP contribution < -0.4 is 5.32 Å². The first kappa shape index (κ1) is 17.4. The van der Waals surface area contributed by atoms with E-state index in [1.54, 1.807) is 6.07 Å². The fourth-order valence-corrected chi connectivity index (χ4v) is 3.34. The van der Waals surface area contributed by atoms with Crippen LogP contribution in [0.4, 0.5) is 0 Å². The first-order valence-corrected chi connectivity index (χ1v) is 9.09. The Balaban J connectivity index is 1.63. The van der Waals surface area contributed by atoms with E-state index in [0.717, 1.165) is 36.7 Å². The van der Waals surface area contributed by atoms with Gasteiger partial charge in [0.1, 0.15) is 5.69 Å². The molecule has 0 bridgehead atoms. The summed E-state index contributed by atoms with van der Waals surface area (Å²) in [5.74, 6) is 0.399. The first-order chi connectivity index (χ1) is 12.2. The Morgan fingerprint density at radius 1 is 1.24 bits per heavy atom. The van der Waals surface area contributed by atoms with Crippen molar-refractivity contribution in [3.63, 3.8) is 0 Å². The number of rotatable bonds is 5. The van der Waals surface area contributed by atoms with Gasteiger partial charge in [0.2, 0.25) is 5.91 Å². The number of hydrogen-bond donors (Lipinski definition) is 1. The van der Waals surface area contributed by atoms with Crippen molar-refractivity contribution in [2.45, 2.75) is 32.6 Å². The Morgan fingerprint density at radius 3 is 2.92 bits per heavy atom. The van der Waals surface area contributed by atoms with E-state index < -0.39 is 0 Å². The number of likely N-dealkylation sites (tertiary alicyclic amines) is 1. The predicted octanol–water partition coefficient (Wildman–Crippen LogP) is 3.00. The highest BCUT2D eigenvalue weighted by atomic mass is 16.2. The number of pyridine rings is 1. The summed E-state index contributed by atoms with van der Waals surface area (Å²) in [5, 5.41) is 4.02. The van der Waals surface area contributed by atoms with E-state index in [4.69, 9.17) is 0 Å². The number of piperidine rings is 1. The Morgan fingerprint density at radius 2 is 2.08 bits per heavy atom. The molecule has 1 aliphatic heterocycles. The van der Waals surface area contributed by atoms with Gasteiger partial charge in [-0.1, -0.05) is 31.2 Å². The minimum Gasteiger partial charge on any atom is -0.356 e. The molecular weight excluding hydrogens is 314 g/mol. The topological polar surface area (TPSA) is 62.3 Å². The van der Waals surface area contributed by atoms with Crippen LogP contribution in [-0.2, 0) is 4.79 Å². The summed E-state index contributed by atoms with van der Waals surface area (Å²) in [5.41, 5.74) is 1.34. The van der Waals surface area contributed by atoms with Crippen LogP contribution in [0.1, 0.15) is 43.1 Å². The lowest BCUT2D eigenvalue weighted by atomic mass is 9.97. The summed E-state index contributed by atoms with van der Waals surface area (Å²) in [6.07, 6.45) is 3.43. The monoisotopic (exact) mass is 339 g/mol. The summed E-state index contributed by atoms with van der Waals surface area (Å²) < 4.78 is 0. The van der Waals surface area contributed by atoms with E-state index in [9.17, 15) is 9.59 Å². The van der Waals surface area contributed by atoms with Crippen molar-refractivity contribution >= 4 is 22.7 Å². The number of nitrogens with one attached hydrogen (secondary N) is 1. The fraction of sp³-hybridized carbons (Fsp3) is 0.450. The molecule has 2 heterocycles. The van der Waals surface area contributed by atoms with Crippen molar-refractivity contribution in [1.82, 2.24) is 15.2 Å². The number of nitrogens with zero attached hydrogens (tertiary/aromatic N) is 2. The zero-order chi connectivity index (χ0) is 17.6. The molecule has 1 atom stereocenters. The number of para-hydroxylation sites is 1. The van der Waals surface area contributed by atoms with E-state index in [0.29, 0.717) is 31.1 Å². The molecule has 0 unspecified atom stereocenters. The second kappa shape index (κ2) is 8.10. The SMILES string of the molecule is CCCC(=O)NC[C@H]1CCCN(C(=O)c2ccc3ccccc3n2)C1. The molecule has 0 aliphatic carbocycles. The molecular formula is C20H25N3O2. The van der Waals surface area contributed by atoms with Crippen LogP contribution in [0.15, 0.2) is 36.4 Å². The van der Waals surface area contributed by atoms with Gasteiger partial charge < -0.3 is 10.2 Å². The molecule has 3 rings (SSSR count). The van der Waals surface area contributed by atoms with Crippen LogP contribution in [-0.4, -0.2) is 41.3 Å². The summed E-state index contributed by atoms with van der Waals surface area (Å²) in [6.45, 7) is 4.08. The Labute approximate surface area is 148 Å². The summed E-state index contributed by atoms with van der Waals surface area (Å²) in [4.78, 5) is 30.8. The molecule has 5 heteroatoms. The summed E-state index contributed by atoms with van der Waals surface area (Å²) in [7, 11) is 0. The number of carbonyl (C=O) groups excluding carboxylic acids is 2. The average Bonchev–Trinajstić information content (AvgIpc) is 2.66. The van der Waals surface area contributed by atoms with Gasteiger partial charge in [-0.15, -0.1) is 0 Å². The van der Waals surface area contributed by atoms with Crippen LogP contribution >= 0.6 is 0 Å². The first-order valence-electron chi connectivity index (χ1n) is 9.09. The van der Waals surface area contributed by atoms with E-state index in [1.165, 1.54) is 0 Å².